The van der Waals surface area contributed by atoms with Crippen LogP contribution in [-0.4, -0.2) is 31.5 Å². The lowest BCUT2D eigenvalue weighted by atomic mass is 10.1. The average molecular weight is 426 g/mol. The molecule has 150 valence electrons. The van der Waals surface area contributed by atoms with Gasteiger partial charge in [0.05, 0.1) is 16.9 Å². The third-order valence-electron chi connectivity index (χ3n) is 4.07. The lowest BCUT2D eigenvalue weighted by Gasteiger charge is -2.30. The summed E-state index contributed by atoms with van der Waals surface area (Å²) < 4.78 is 25.8. The van der Waals surface area contributed by atoms with Crippen molar-refractivity contribution < 1.29 is 18.1 Å². The van der Waals surface area contributed by atoms with Gasteiger partial charge in [-0.2, -0.15) is 0 Å². The quantitative estimate of drug-likeness (QED) is 0.536. The molecule has 1 atom stereocenters. The molecular weight excluding hydrogens is 406 g/mol. The fourth-order valence-corrected chi connectivity index (χ4v) is 4.22. The smallest absolute Gasteiger partial charge is 0.271 e. The lowest BCUT2D eigenvalue weighted by molar-refractivity contribution is -0.384. The molecule has 10 heteroatoms. The highest BCUT2D eigenvalue weighted by Crippen LogP contribution is 2.27. The van der Waals surface area contributed by atoms with Crippen LogP contribution in [0, 0.1) is 17.0 Å². The van der Waals surface area contributed by atoms with Crippen LogP contribution in [0.2, 0.25) is 5.02 Å². The first kappa shape index (κ1) is 21.6. The van der Waals surface area contributed by atoms with Crippen molar-refractivity contribution in [2.45, 2.75) is 26.3 Å². The fraction of sp³-hybridized carbons (Fsp3) is 0.278. The molecule has 0 aliphatic rings. The van der Waals surface area contributed by atoms with Gasteiger partial charge in [0.2, 0.25) is 15.9 Å². The van der Waals surface area contributed by atoms with Crippen LogP contribution in [0.4, 0.5) is 17.1 Å². The maximum Gasteiger partial charge on any atom is 0.271 e. The minimum absolute atomic E-state index is 0.0477. The van der Waals surface area contributed by atoms with Gasteiger partial charge >= 0.3 is 0 Å². The molecule has 1 unspecified atom stereocenters. The standard InChI is InChI=1S/C18H20ClN3O5S/c1-4-17(18(23)20-16-9-8-13(19)10-12(16)2)21(28(3,26)27)14-6-5-7-15(11-14)22(24)25/h5-11,17H,4H2,1-3H3,(H,20,23). The van der Waals surface area contributed by atoms with Crippen LogP contribution in [0.1, 0.15) is 18.9 Å². The molecule has 2 rings (SSSR count). The number of nitro groups is 1. The Morgan fingerprint density at radius 1 is 1.29 bits per heavy atom. The highest BCUT2D eigenvalue weighted by molar-refractivity contribution is 7.92. The number of anilines is 2. The Balaban J connectivity index is 2.44. The molecule has 0 radical (unpaired) electrons. The Hall–Kier alpha value is -2.65. The number of benzene rings is 2. The minimum Gasteiger partial charge on any atom is -0.324 e. The van der Waals surface area contributed by atoms with Crippen molar-refractivity contribution in [1.29, 1.82) is 0 Å². The second-order valence-electron chi connectivity index (χ2n) is 6.21. The summed E-state index contributed by atoms with van der Waals surface area (Å²) in [4.78, 5) is 23.3. The minimum atomic E-state index is -3.90. The number of hydrogen-bond acceptors (Lipinski definition) is 5. The van der Waals surface area contributed by atoms with Crippen LogP contribution < -0.4 is 9.62 Å². The summed E-state index contributed by atoms with van der Waals surface area (Å²) >= 11 is 5.92. The zero-order valence-electron chi connectivity index (χ0n) is 15.5. The number of amides is 1. The van der Waals surface area contributed by atoms with Gasteiger partial charge in [0.25, 0.3) is 5.69 Å². The number of sulfonamides is 1. The molecule has 8 nitrogen and oxygen atoms in total. The van der Waals surface area contributed by atoms with Crippen LogP contribution in [0.3, 0.4) is 0 Å². The molecule has 0 aliphatic heterocycles. The molecule has 2 aromatic carbocycles. The maximum absolute atomic E-state index is 12.9. The van der Waals surface area contributed by atoms with E-state index in [1.54, 1.807) is 32.0 Å². The number of nitrogens with zero attached hydrogens (tertiary/aromatic N) is 2. The van der Waals surface area contributed by atoms with Gasteiger partial charge < -0.3 is 5.32 Å². The molecule has 2 aromatic rings. The Kier molecular flexibility index (Phi) is 6.63. The number of nitrogens with one attached hydrogen (secondary N) is 1. The van der Waals surface area contributed by atoms with Gasteiger partial charge in [-0.05, 0) is 43.2 Å². The first-order valence-electron chi connectivity index (χ1n) is 8.35. The Bertz CT molecular complexity index is 1010. The summed E-state index contributed by atoms with van der Waals surface area (Å²) in [5.41, 5.74) is 0.999. The van der Waals surface area contributed by atoms with E-state index in [4.69, 9.17) is 11.6 Å². The van der Waals surface area contributed by atoms with E-state index in [0.29, 0.717) is 10.7 Å². The molecule has 0 aliphatic carbocycles. The highest BCUT2D eigenvalue weighted by Gasteiger charge is 2.32. The number of nitro benzene ring substituents is 1. The molecule has 0 heterocycles. The Morgan fingerprint density at radius 2 is 1.96 bits per heavy atom. The summed E-state index contributed by atoms with van der Waals surface area (Å²) in [6.45, 7) is 3.42. The molecule has 28 heavy (non-hydrogen) atoms. The largest absolute Gasteiger partial charge is 0.324 e. The third kappa shape index (κ3) is 4.99. The van der Waals surface area contributed by atoms with Crippen LogP contribution in [0.25, 0.3) is 0 Å². The number of non-ortho nitro benzene ring substituents is 1. The number of carbonyl (C=O) groups is 1. The SMILES string of the molecule is CCC(C(=O)Nc1ccc(Cl)cc1C)N(c1cccc([N+](=O)[O-])c1)S(C)(=O)=O. The van der Waals surface area contributed by atoms with Crippen molar-refractivity contribution in [3.05, 3.63) is 63.2 Å². The van der Waals surface area contributed by atoms with Gasteiger partial charge in [0, 0.05) is 22.8 Å². The summed E-state index contributed by atoms with van der Waals surface area (Å²) in [6, 6.07) is 8.99. The molecule has 1 N–H and O–H groups in total. The van der Waals surface area contributed by atoms with Gasteiger partial charge in [0.1, 0.15) is 6.04 Å². The van der Waals surface area contributed by atoms with Gasteiger partial charge in [-0.15, -0.1) is 0 Å². The van der Waals surface area contributed by atoms with E-state index < -0.39 is 26.9 Å². The van der Waals surface area contributed by atoms with Crippen LogP contribution in [0.5, 0.6) is 0 Å². The van der Waals surface area contributed by atoms with Crippen molar-refractivity contribution in [3.8, 4) is 0 Å². The van der Waals surface area contributed by atoms with Gasteiger partial charge in [-0.1, -0.05) is 24.6 Å². The van der Waals surface area contributed by atoms with Gasteiger partial charge in [-0.25, -0.2) is 8.42 Å². The summed E-state index contributed by atoms with van der Waals surface area (Å²) in [5, 5.41) is 14.3. The Labute approximate surface area is 168 Å². The van der Waals surface area contributed by atoms with Crippen molar-refractivity contribution in [3.63, 3.8) is 0 Å². The monoisotopic (exact) mass is 425 g/mol. The molecule has 1 amide bonds. The van der Waals surface area contributed by atoms with Crippen molar-refractivity contribution >= 4 is 44.6 Å². The number of carbonyl (C=O) groups excluding carboxylic acids is 1. The summed E-state index contributed by atoms with van der Waals surface area (Å²) in [7, 11) is -3.90. The second-order valence-corrected chi connectivity index (χ2v) is 8.50. The molecule has 0 saturated carbocycles. The van der Waals surface area contributed by atoms with Crippen molar-refractivity contribution in [2.75, 3.05) is 15.9 Å². The normalized spacial score (nSPS) is 12.3. The van der Waals surface area contributed by atoms with Crippen molar-refractivity contribution in [1.82, 2.24) is 0 Å². The van der Waals surface area contributed by atoms with E-state index >= 15 is 0 Å². The number of hydrogen-bond donors (Lipinski definition) is 1. The van der Waals surface area contributed by atoms with Gasteiger partial charge in [-0.3, -0.25) is 19.2 Å². The first-order valence-corrected chi connectivity index (χ1v) is 10.6. The third-order valence-corrected chi connectivity index (χ3v) is 5.49. The predicted molar refractivity (Wildman–Crippen MR) is 109 cm³/mol. The second kappa shape index (κ2) is 8.57. The van der Waals surface area contributed by atoms with Crippen LogP contribution in [0.15, 0.2) is 42.5 Å². The van der Waals surface area contributed by atoms with E-state index in [-0.39, 0.29) is 17.8 Å². The summed E-state index contributed by atoms with van der Waals surface area (Å²) in [5.74, 6) is -0.551. The first-order chi connectivity index (χ1) is 13.0. The van der Waals surface area contributed by atoms with E-state index in [1.807, 2.05) is 0 Å². The van der Waals surface area contributed by atoms with Crippen molar-refractivity contribution in [2.24, 2.45) is 0 Å². The van der Waals surface area contributed by atoms with Gasteiger partial charge in [0.15, 0.2) is 0 Å². The average Bonchev–Trinajstić information content (AvgIpc) is 2.60. The van der Waals surface area contributed by atoms with Crippen LogP contribution >= 0.6 is 11.6 Å². The lowest BCUT2D eigenvalue weighted by Crippen LogP contribution is -2.47. The van der Waals surface area contributed by atoms with E-state index in [2.05, 4.69) is 5.32 Å². The predicted octanol–water partition coefficient (Wildman–Crippen LogP) is 3.74. The summed E-state index contributed by atoms with van der Waals surface area (Å²) in [6.07, 6.45) is 1.11. The zero-order chi connectivity index (χ0) is 21.1. The Morgan fingerprint density at radius 3 is 2.50 bits per heavy atom. The molecule has 0 fully saturated rings. The number of aryl methyl sites for hydroxylation is 1. The van der Waals surface area contributed by atoms with E-state index in [9.17, 15) is 23.3 Å². The van der Waals surface area contributed by atoms with E-state index in [0.717, 1.165) is 22.2 Å². The molecule has 0 saturated heterocycles. The molecular formula is C18H20ClN3O5S. The zero-order valence-corrected chi connectivity index (χ0v) is 17.1. The maximum atomic E-state index is 12.9. The topological polar surface area (TPSA) is 110 Å². The fourth-order valence-electron chi connectivity index (χ4n) is 2.79. The molecule has 0 bridgehead atoms. The number of rotatable bonds is 7. The number of halogens is 1. The van der Waals surface area contributed by atoms with Crippen LogP contribution in [-0.2, 0) is 14.8 Å². The van der Waals surface area contributed by atoms with E-state index in [1.165, 1.54) is 18.2 Å². The highest BCUT2D eigenvalue weighted by atomic mass is 35.5. The molecule has 0 spiro atoms. The molecule has 0 aromatic heterocycles.